The third-order valence-corrected chi connectivity index (χ3v) is 4.63. The van der Waals surface area contributed by atoms with Gasteiger partial charge in [0.15, 0.2) is 5.11 Å². The summed E-state index contributed by atoms with van der Waals surface area (Å²) in [6.45, 7) is 8.13. The highest BCUT2D eigenvalue weighted by Gasteiger charge is 2.12. The minimum atomic E-state index is 0.581. The summed E-state index contributed by atoms with van der Waals surface area (Å²) in [5, 5.41) is 9.97. The van der Waals surface area contributed by atoms with Gasteiger partial charge in [-0.15, -0.1) is 11.3 Å². The van der Waals surface area contributed by atoms with E-state index in [9.17, 15) is 0 Å². The van der Waals surface area contributed by atoms with Crippen LogP contribution in [0.2, 0.25) is 0 Å². The van der Waals surface area contributed by atoms with Gasteiger partial charge in [-0.25, -0.2) is 0 Å². The van der Waals surface area contributed by atoms with Crippen LogP contribution < -0.4 is 15.6 Å². The standard InChI is InChI=1S/C14H22N4OS2/c1-12-3-10-21-13(12)11-16-17-14(20)15-4-2-5-18-6-8-19-9-7-18/h3,10-11H,2,4-9H2,1H3,(H2,15,17,20)/p+1/b16-11-. The maximum atomic E-state index is 5.35. The molecule has 1 aromatic rings. The zero-order valence-electron chi connectivity index (χ0n) is 12.4. The van der Waals surface area contributed by atoms with Crippen molar-refractivity contribution in [2.24, 2.45) is 5.10 Å². The average molecular weight is 327 g/mol. The summed E-state index contributed by atoms with van der Waals surface area (Å²) in [6, 6.07) is 2.08. The van der Waals surface area contributed by atoms with Crippen LogP contribution in [0.15, 0.2) is 16.5 Å². The van der Waals surface area contributed by atoms with Crippen molar-refractivity contribution in [3.8, 4) is 0 Å². The molecule has 1 saturated heterocycles. The molecule has 2 rings (SSSR count). The predicted molar refractivity (Wildman–Crippen MR) is 91.4 cm³/mol. The normalized spacial score (nSPS) is 16.2. The monoisotopic (exact) mass is 327 g/mol. The second-order valence-corrected chi connectivity index (χ2v) is 6.42. The first-order valence-electron chi connectivity index (χ1n) is 7.28. The number of hydrogen-bond acceptors (Lipinski definition) is 4. The van der Waals surface area contributed by atoms with Crippen molar-refractivity contribution in [3.63, 3.8) is 0 Å². The molecule has 0 saturated carbocycles. The largest absolute Gasteiger partial charge is 0.370 e. The van der Waals surface area contributed by atoms with Crippen LogP contribution in [0.25, 0.3) is 0 Å². The highest BCUT2D eigenvalue weighted by Crippen LogP contribution is 2.12. The molecule has 2 heterocycles. The van der Waals surface area contributed by atoms with E-state index in [0.717, 1.165) is 50.7 Å². The minimum Gasteiger partial charge on any atom is -0.370 e. The van der Waals surface area contributed by atoms with E-state index in [0.29, 0.717) is 5.11 Å². The lowest BCUT2D eigenvalue weighted by Gasteiger charge is -2.23. The molecule has 0 spiro atoms. The fourth-order valence-corrected chi connectivity index (χ4v) is 3.10. The number of aryl methyl sites for hydroxylation is 1. The van der Waals surface area contributed by atoms with Crippen LogP contribution in [0.3, 0.4) is 0 Å². The van der Waals surface area contributed by atoms with E-state index in [1.807, 2.05) is 6.21 Å². The maximum Gasteiger partial charge on any atom is 0.186 e. The van der Waals surface area contributed by atoms with Gasteiger partial charge in [-0.2, -0.15) is 5.10 Å². The summed E-state index contributed by atoms with van der Waals surface area (Å²) in [7, 11) is 0. The summed E-state index contributed by atoms with van der Waals surface area (Å²) in [5.74, 6) is 0. The average Bonchev–Trinajstić information content (AvgIpc) is 2.90. The third-order valence-electron chi connectivity index (χ3n) is 3.44. The second-order valence-electron chi connectivity index (χ2n) is 5.06. The van der Waals surface area contributed by atoms with Gasteiger partial charge in [0.2, 0.25) is 0 Å². The van der Waals surface area contributed by atoms with Crippen molar-refractivity contribution in [1.82, 2.24) is 10.7 Å². The molecule has 7 heteroatoms. The molecule has 116 valence electrons. The summed E-state index contributed by atoms with van der Waals surface area (Å²) < 4.78 is 5.35. The molecule has 3 N–H and O–H groups in total. The van der Waals surface area contributed by atoms with Gasteiger partial charge < -0.3 is 15.0 Å². The minimum absolute atomic E-state index is 0.581. The van der Waals surface area contributed by atoms with Crippen molar-refractivity contribution >= 4 is 34.9 Å². The van der Waals surface area contributed by atoms with E-state index in [-0.39, 0.29) is 0 Å². The smallest absolute Gasteiger partial charge is 0.186 e. The van der Waals surface area contributed by atoms with Gasteiger partial charge in [0.25, 0.3) is 0 Å². The fraction of sp³-hybridized carbons (Fsp3) is 0.571. The highest BCUT2D eigenvalue weighted by molar-refractivity contribution is 7.80. The summed E-state index contributed by atoms with van der Waals surface area (Å²) in [4.78, 5) is 2.77. The Balaban J connectivity index is 1.55. The molecule has 21 heavy (non-hydrogen) atoms. The van der Waals surface area contributed by atoms with E-state index in [4.69, 9.17) is 17.0 Å². The quantitative estimate of drug-likeness (QED) is 0.302. The molecule has 1 aliphatic heterocycles. The molecular formula is C14H23N4OS2+. The molecule has 1 fully saturated rings. The summed E-state index contributed by atoms with van der Waals surface area (Å²) >= 11 is 6.86. The van der Waals surface area contributed by atoms with Crippen LogP contribution in [0.5, 0.6) is 0 Å². The zero-order chi connectivity index (χ0) is 14.9. The summed E-state index contributed by atoms with van der Waals surface area (Å²) in [5.41, 5.74) is 4.09. The molecule has 0 atom stereocenters. The SMILES string of the molecule is Cc1ccsc1/C=N\NC(=S)NCCC[NH+]1CCOCC1. The number of nitrogens with one attached hydrogen (secondary N) is 3. The Kier molecular flexibility index (Phi) is 7.08. The van der Waals surface area contributed by atoms with Gasteiger partial charge in [-0.1, -0.05) is 0 Å². The zero-order valence-corrected chi connectivity index (χ0v) is 14.0. The van der Waals surface area contributed by atoms with E-state index in [1.54, 1.807) is 16.2 Å². The first-order chi connectivity index (χ1) is 10.3. The number of thiocarbonyl (C=S) groups is 1. The Morgan fingerprint density at radius 1 is 1.52 bits per heavy atom. The molecule has 0 amide bonds. The Morgan fingerprint density at radius 2 is 2.33 bits per heavy atom. The molecule has 5 nitrogen and oxygen atoms in total. The number of rotatable bonds is 6. The maximum absolute atomic E-state index is 5.35. The van der Waals surface area contributed by atoms with Crippen molar-refractivity contribution in [3.05, 3.63) is 21.9 Å². The van der Waals surface area contributed by atoms with Crippen LogP contribution >= 0.6 is 23.6 Å². The van der Waals surface area contributed by atoms with Crippen molar-refractivity contribution < 1.29 is 9.64 Å². The number of quaternary nitrogens is 1. The van der Waals surface area contributed by atoms with E-state index in [2.05, 4.69) is 34.2 Å². The Morgan fingerprint density at radius 3 is 3.05 bits per heavy atom. The van der Waals surface area contributed by atoms with Crippen molar-refractivity contribution in [2.45, 2.75) is 13.3 Å². The van der Waals surface area contributed by atoms with Gasteiger partial charge >= 0.3 is 0 Å². The first-order valence-corrected chi connectivity index (χ1v) is 8.57. The fourth-order valence-electron chi connectivity index (χ4n) is 2.16. The first kappa shape index (κ1) is 16.4. The highest BCUT2D eigenvalue weighted by atomic mass is 32.1. The van der Waals surface area contributed by atoms with Crippen LogP contribution in [-0.2, 0) is 4.74 Å². The lowest BCUT2D eigenvalue weighted by atomic mass is 10.3. The van der Waals surface area contributed by atoms with Gasteiger partial charge in [-0.3, -0.25) is 5.43 Å². The lowest BCUT2D eigenvalue weighted by Crippen LogP contribution is -3.14. The molecule has 0 bridgehead atoms. The molecule has 0 radical (unpaired) electrons. The molecule has 1 aliphatic rings. The number of hydrogen-bond donors (Lipinski definition) is 3. The summed E-state index contributed by atoms with van der Waals surface area (Å²) in [6.07, 6.45) is 2.91. The van der Waals surface area contributed by atoms with Gasteiger partial charge in [-0.05, 0) is 36.2 Å². The van der Waals surface area contributed by atoms with E-state index >= 15 is 0 Å². The van der Waals surface area contributed by atoms with Gasteiger partial charge in [0.1, 0.15) is 13.1 Å². The molecule has 0 aromatic carbocycles. The van der Waals surface area contributed by atoms with Crippen molar-refractivity contribution in [2.75, 3.05) is 39.4 Å². The van der Waals surface area contributed by atoms with Crippen molar-refractivity contribution in [1.29, 1.82) is 0 Å². The van der Waals surface area contributed by atoms with Crippen LogP contribution in [0.4, 0.5) is 0 Å². The second kappa shape index (κ2) is 9.09. The number of hydrazone groups is 1. The molecule has 1 aromatic heterocycles. The van der Waals surface area contributed by atoms with E-state index in [1.165, 1.54) is 5.56 Å². The number of nitrogens with zero attached hydrogens (tertiary/aromatic N) is 1. The van der Waals surface area contributed by atoms with Crippen LogP contribution in [0, 0.1) is 6.92 Å². The third kappa shape index (κ3) is 6.09. The van der Waals surface area contributed by atoms with Gasteiger partial charge in [0, 0.05) is 17.8 Å². The van der Waals surface area contributed by atoms with Crippen LogP contribution in [0.1, 0.15) is 16.9 Å². The number of ether oxygens (including phenoxy) is 1. The lowest BCUT2D eigenvalue weighted by molar-refractivity contribution is -0.908. The Labute approximate surface area is 135 Å². The van der Waals surface area contributed by atoms with E-state index < -0.39 is 0 Å². The Hall–Kier alpha value is -1.02. The van der Waals surface area contributed by atoms with Gasteiger partial charge in [0.05, 0.1) is 26.0 Å². The predicted octanol–water partition coefficient (Wildman–Crippen LogP) is 0.160. The molecule has 0 unspecified atom stereocenters. The Bertz CT molecular complexity index is 469. The number of thiophene rings is 1. The molecular weight excluding hydrogens is 304 g/mol. The van der Waals surface area contributed by atoms with Crippen LogP contribution in [-0.4, -0.2) is 50.7 Å². The molecule has 0 aliphatic carbocycles. The topological polar surface area (TPSA) is 50.1 Å². The number of morpholine rings is 1.